The molecule has 0 bridgehead atoms. The van der Waals surface area contributed by atoms with Crippen LogP contribution >= 0.6 is 11.6 Å². The lowest BCUT2D eigenvalue weighted by Crippen LogP contribution is -2.35. The second-order valence-electron chi connectivity index (χ2n) is 7.18. The average Bonchev–Trinajstić information content (AvgIpc) is 3.04. The van der Waals surface area contributed by atoms with Gasteiger partial charge in [-0.3, -0.25) is 0 Å². The molecule has 9 heteroatoms. The van der Waals surface area contributed by atoms with Crippen molar-refractivity contribution < 1.29 is 27.1 Å². The lowest BCUT2D eigenvalue weighted by molar-refractivity contribution is -0.670. The van der Waals surface area contributed by atoms with Gasteiger partial charge in [-0.05, 0) is 56.2 Å². The second kappa shape index (κ2) is 10.3. The molecule has 0 aliphatic rings. The molecule has 0 N–H and O–H groups in total. The number of ether oxygens (including phenoxy) is 1. The van der Waals surface area contributed by atoms with E-state index in [0.29, 0.717) is 23.7 Å². The molecule has 1 aromatic heterocycles. The number of aromatic nitrogens is 2. The van der Waals surface area contributed by atoms with Crippen molar-refractivity contribution in [1.82, 2.24) is 4.57 Å². The summed E-state index contributed by atoms with van der Waals surface area (Å²) in [4.78, 5) is 12.3. The van der Waals surface area contributed by atoms with Crippen LogP contribution in [0.1, 0.15) is 42.0 Å². The normalized spacial score (nSPS) is 12.0. The van der Waals surface area contributed by atoms with E-state index in [-0.39, 0.29) is 13.0 Å². The van der Waals surface area contributed by atoms with Crippen LogP contribution in [0, 0.1) is 0 Å². The fourth-order valence-corrected chi connectivity index (χ4v) is 4.20. The molecule has 0 atom stereocenters. The largest absolute Gasteiger partial charge is 0.748 e. The van der Waals surface area contributed by atoms with E-state index in [9.17, 15) is 17.8 Å². The molecule has 0 saturated carbocycles. The third kappa shape index (κ3) is 5.76. The van der Waals surface area contributed by atoms with Crippen molar-refractivity contribution in [3.63, 3.8) is 0 Å². The van der Waals surface area contributed by atoms with Gasteiger partial charge in [0, 0.05) is 22.9 Å². The highest BCUT2D eigenvalue weighted by molar-refractivity contribution is 7.85. The van der Waals surface area contributed by atoms with Crippen molar-refractivity contribution in [3.8, 4) is 0 Å². The molecule has 7 nitrogen and oxygen atoms in total. The molecule has 170 valence electrons. The quantitative estimate of drug-likeness (QED) is 0.265. The molecule has 0 saturated heterocycles. The molecule has 3 rings (SSSR count). The van der Waals surface area contributed by atoms with Gasteiger partial charge in [-0.15, -0.1) is 0 Å². The molecule has 1 heterocycles. The Bertz CT molecular complexity index is 1250. The number of carbonyl (C=O) groups is 1. The van der Waals surface area contributed by atoms with Gasteiger partial charge < -0.3 is 9.29 Å². The van der Waals surface area contributed by atoms with E-state index in [1.807, 2.05) is 41.8 Å². The topological polar surface area (TPSA) is 92.3 Å². The highest BCUT2D eigenvalue weighted by atomic mass is 35.5. The van der Waals surface area contributed by atoms with Crippen LogP contribution < -0.4 is 4.57 Å². The summed E-state index contributed by atoms with van der Waals surface area (Å²) in [7, 11) is -4.32. The third-order valence-corrected chi connectivity index (χ3v) is 6.05. The maximum atomic E-state index is 12.3. The summed E-state index contributed by atoms with van der Waals surface area (Å²) in [5, 5.41) is 0.644. The average molecular weight is 477 g/mol. The lowest BCUT2D eigenvalue weighted by Gasteiger charge is -2.06. The Hall–Kier alpha value is -2.68. The van der Waals surface area contributed by atoms with Crippen molar-refractivity contribution in [2.45, 2.75) is 33.4 Å². The number of halogens is 1. The molecule has 2 aromatic carbocycles. The lowest BCUT2D eigenvalue weighted by atomic mass is 10.2. The number of imidazole rings is 1. The van der Waals surface area contributed by atoms with E-state index in [1.54, 1.807) is 31.2 Å². The van der Waals surface area contributed by atoms with E-state index in [1.165, 1.54) is 0 Å². The molecule has 32 heavy (non-hydrogen) atoms. The van der Waals surface area contributed by atoms with Crippen molar-refractivity contribution in [2.75, 3.05) is 12.4 Å². The van der Waals surface area contributed by atoms with Crippen molar-refractivity contribution >= 4 is 50.9 Å². The van der Waals surface area contributed by atoms with Gasteiger partial charge in [0.2, 0.25) is 0 Å². The molecule has 0 radical (unpaired) electrons. The van der Waals surface area contributed by atoms with Gasteiger partial charge in [0.1, 0.15) is 0 Å². The molecule has 0 spiro atoms. The Morgan fingerprint density at radius 2 is 1.88 bits per heavy atom. The van der Waals surface area contributed by atoms with Gasteiger partial charge >= 0.3 is 5.97 Å². The smallest absolute Gasteiger partial charge is 0.338 e. The maximum absolute atomic E-state index is 12.3. The summed E-state index contributed by atoms with van der Waals surface area (Å²) in [5.74, 6) is -0.0659. The predicted octanol–water partition coefficient (Wildman–Crippen LogP) is 3.88. The number of hydrogen-bond acceptors (Lipinski definition) is 5. The van der Waals surface area contributed by atoms with Gasteiger partial charge in [0.25, 0.3) is 5.82 Å². The van der Waals surface area contributed by atoms with E-state index >= 15 is 0 Å². The van der Waals surface area contributed by atoms with Gasteiger partial charge in [0.05, 0.1) is 35.4 Å². The Kier molecular flexibility index (Phi) is 7.71. The summed E-state index contributed by atoms with van der Waals surface area (Å²) in [6, 6.07) is 12.7. The Labute approximate surface area is 192 Å². The SMILES string of the molecule is CCOC(=O)c1ccc2c(c1)n(CCCS(=O)(=O)[O-])c(/C=C/c1ccc(Cl)cc1)[n+]2CC. The van der Waals surface area contributed by atoms with Crippen LogP contribution in [0.25, 0.3) is 23.2 Å². The van der Waals surface area contributed by atoms with E-state index in [2.05, 4.69) is 4.57 Å². The van der Waals surface area contributed by atoms with Gasteiger partial charge in [-0.2, -0.15) is 0 Å². The number of hydrogen-bond donors (Lipinski definition) is 0. The highest BCUT2D eigenvalue weighted by Crippen LogP contribution is 2.21. The molecule has 0 amide bonds. The van der Waals surface area contributed by atoms with Crippen LogP contribution in [0.2, 0.25) is 5.02 Å². The fourth-order valence-electron chi connectivity index (χ4n) is 3.59. The van der Waals surface area contributed by atoms with Gasteiger partial charge in [0.15, 0.2) is 11.0 Å². The molecule has 0 unspecified atom stereocenters. The number of fused-ring (bicyclic) bond motifs is 1. The van der Waals surface area contributed by atoms with Gasteiger partial charge in [-0.1, -0.05) is 23.7 Å². The van der Waals surface area contributed by atoms with Gasteiger partial charge in [-0.25, -0.2) is 22.3 Å². The Morgan fingerprint density at radius 1 is 1.16 bits per heavy atom. The first-order valence-electron chi connectivity index (χ1n) is 10.3. The summed E-state index contributed by atoms with van der Waals surface area (Å²) in [6.07, 6.45) is 4.02. The zero-order valence-corrected chi connectivity index (χ0v) is 19.5. The number of rotatable bonds is 9. The van der Waals surface area contributed by atoms with Crippen molar-refractivity contribution in [2.24, 2.45) is 0 Å². The highest BCUT2D eigenvalue weighted by Gasteiger charge is 2.24. The Balaban J connectivity index is 2.11. The van der Waals surface area contributed by atoms with Crippen molar-refractivity contribution in [3.05, 3.63) is 64.4 Å². The van der Waals surface area contributed by atoms with Crippen LogP contribution in [-0.4, -0.2) is 35.9 Å². The minimum atomic E-state index is -4.32. The Morgan fingerprint density at radius 3 is 2.50 bits per heavy atom. The van der Waals surface area contributed by atoms with Crippen LogP contribution in [0.3, 0.4) is 0 Å². The molecule has 0 fully saturated rings. The summed E-state index contributed by atoms with van der Waals surface area (Å²) in [5.41, 5.74) is 3.01. The zero-order valence-electron chi connectivity index (χ0n) is 18.0. The second-order valence-corrected chi connectivity index (χ2v) is 9.14. The molecule has 0 aliphatic carbocycles. The van der Waals surface area contributed by atoms with E-state index in [4.69, 9.17) is 16.3 Å². The summed E-state index contributed by atoms with van der Waals surface area (Å²) >= 11 is 5.97. The molecular weight excluding hydrogens is 452 g/mol. The van der Waals surface area contributed by atoms with Crippen LogP contribution in [0.4, 0.5) is 0 Å². The van der Waals surface area contributed by atoms with Crippen LogP contribution in [0.5, 0.6) is 0 Å². The first kappa shape index (κ1) is 24.0. The minimum Gasteiger partial charge on any atom is -0.748 e. The van der Waals surface area contributed by atoms with Crippen molar-refractivity contribution in [1.29, 1.82) is 0 Å². The number of nitrogens with zero attached hydrogens (tertiary/aromatic N) is 2. The fraction of sp³-hybridized carbons (Fsp3) is 0.304. The molecule has 0 aliphatic heterocycles. The number of esters is 1. The van der Waals surface area contributed by atoms with Crippen LogP contribution in [-0.2, 0) is 27.9 Å². The zero-order chi connectivity index (χ0) is 23.3. The first-order valence-corrected chi connectivity index (χ1v) is 12.3. The maximum Gasteiger partial charge on any atom is 0.338 e. The van der Waals surface area contributed by atoms with Crippen LogP contribution in [0.15, 0.2) is 42.5 Å². The minimum absolute atomic E-state index is 0.157. The standard InChI is InChI=1S/C23H25ClN2O5S/c1-3-25-20-12-9-18(23(27)31-4-2)16-21(20)26(14-5-15-32(28,29)30)22(25)13-8-17-6-10-19(24)11-7-17/h6-13,16H,3-5,14-15H2,1-2H3/b13-8+. The number of aryl methyl sites for hydroxylation is 2. The summed E-state index contributed by atoms with van der Waals surface area (Å²) in [6.45, 7) is 4.97. The number of carbonyl (C=O) groups excluding carboxylic acids is 1. The van der Waals surface area contributed by atoms with E-state index in [0.717, 1.165) is 22.4 Å². The molecular formula is C23H25ClN2O5S. The first-order chi connectivity index (χ1) is 15.2. The summed E-state index contributed by atoms with van der Waals surface area (Å²) < 4.78 is 42.5. The monoisotopic (exact) mass is 476 g/mol. The third-order valence-electron chi connectivity index (χ3n) is 5.01. The number of benzene rings is 2. The predicted molar refractivity (Wildman–Crippen MR) is 123 cm³/mol. The van der Waals surface area contributed by atoms with E-state index < -0.39 is 21.8 Å². The molecule has 3 aromatic rings.